The van der Waals surface area contributed by atoms with Gasteiger partial charge < -0.3 is 4.74 Å². The fraction of sp³-hybridized carbons (Fsp3) is 1.00. The lowest BCUT2D eigenvalue weighted by atomic mass is 9.24. The van der Waals surface area contributed by atoms with Crippen LogP contribution in [0.2, 0.25) is 5.31 Å². The molecule has 0 atom stereocenters. The Kier molecular flexibility index (Phi) is 6.02. The Bertz CT molecular complexity index is 176. The van der Waals surface area contributed by atoms with Crippen LogP contribution in [0.25, 0.3) is 0 Å². The van der Waals surface area contributed by atoms with Crippen molar-refractivity contribution in [2.45, 2.75) is 65.7 Å². The highest BCUT2D eigenvalue weighted by atomic mass is 16.5. The highest BCUT2D eigenvalue weighted by Crippen LogP contribution is 2.31. The first kappa shape index (κ1) is 15.1. The average Bonchev–Trinajstić information content (AvgIpc) is 1.99. The van der Waals surface area contributed by atoms with Crippen LogP contribution in [0.15, 0.2) is 0 Å². The normalized spacial score (nSPS) is 13.1. The van der Waals surface area contributed by atoms with Crippen LogP contribution in [0.5, 0.6) is 0 Å². The molecule has 0 aromatic heterocycles. The molecule has 0 unspecified atom stereocenters. The van der Waals surface area contributed by atoms with Crippen LogP contribution in [0.1, 0.15) is 54.9 Å². The molecule has 0 N–H and O–H groups in total. The maximum atomic E-state index is 5.64. The zero-order chi connectivity index (χ0) is 12.1. The number of ether oxygens (including phenoxy) is 1. The monoisotopic (exact) mass is 208 g/mol. The van der Waals surface area contributed by atoms with Crippen molar-refractivity contribution in [1.29, 1.82) is 0 Å². The van der Waals surface area contributed by atoms with Gasteiger partial charge in [-0.1, -0.05) is 39.4 Å². The van der Waals surface area contributed by atoms with E-state index in [4.69, 9.17) is 4.74 Å². The van der Waals surface area contributed by atoms with E-state index in [1.54, 1.807) is 0 Å². The van der Waals surface area contributed by atoms with E-state index in [9.17, 15) is 0 Å². The number of rotatable bonds is 7. The number of hydrogen-bond donors (Lipinski definition) is 0. The Morgan fingerprint density at radius 1 is 1.07 bits per heavy atom. The van der Waals surface area contributed by atoms with Crippen molar-refractivity contribution < 1.29 is 4.74 Å². The van der Waals surface area contributed by atoms with Crippen LogP contribution in [0, 0.1) is 5.92 Å². The van der Waals surface area contributed by atoms with E-state index in [0.717, 1.165) is 12.5 Å². The summed E-state index contributed by atoms with van der Waals surface area (Å²) in [5, 5.41) is 0.266. The molecule has 0 bridgehead atoms. The topological polar surface area (TPSA) is 9.23 Å². The molecule has 0 saturated heterocycles. The molecule has 2 radical (unpaired) electrons. The minimum Gasteiger partial charge on any atom is -0.386 e. The van der Waals surface area contributed by atoms with Crippen molar-refractivity contribution in [2.75, 3.05) is 6.61 Å². The summed E-state index contributed by atoms with van der Waals surface area (Å²) in [5.41, 5.74) is -0.136. The van der Waals surface area contributed by atoms with Crippen molar-refractivity contribution in [3.63, 3.8) is 0 Å². The molecule has 0 fully saturated rings. The molecule has 15 heavy (non-hydrogen) atoms. The van der Waals surface area contributed by atoms with Gasteiger partial charge in [-0.05, 0) is 26.7 Å². The zero-order valence-electron chi connectivity index (χ0n) is 11.6. The summed E-state index contributed by atoms with van der Waals surface area (Å²) >= 11 is 0. The van der Waals surface area contributed by atoms with Crippen LogP contribution in [-0.2, 0) is 4.74 Å². The van der Waals surface area contributed by atoms with Gasteiger partial charge in [0.2, 0.25) is 0 Å². The molecule has 0 aliphatic heterocycles. The van der Waals surface area contributed by atoms with E-state index in [1.165, 1.54) is 6.42 Å². The molecule has 86 valence electrons. The lowest BCUT2D eigenvalue weighted by molar-refractivity contribution is 0.0542. The summed E-state index contributed by atoms with van der Waals surface area (Å²) in [6.45, 7) is 16.1. The molecule has 0 saturated carbocycles. The SMILES string of the molecule is CCOC(C)(C)[B][B]C(C)(C)CC(C)C. The van der Waals surface area contributed by atoms with Crippen molar-refractivity contribution >= 4 is 14.3 Å². The third-order valence-corrected chi connectivity index (χ3v) is 2.39. The van der Waals surface area contributed by atoms with Crippen LogP contribution in [0.4, 0.5) is 0 Å². The van der Waals surface area contributed by atoms with Gasteiger partial charge in [-0.25, -0.2) is 0 Å². The molecule has 0 aliphatic rings. The molecule has 0 aliphatic carbocycles. The fourth-order valence-corrected chi connectivity index (χ4v) is 1.97. The van der Waals surface area contributed by atoms with Gasteiger partial charge in [-0.15, -0.1) is 0 Å². The molecule has 1 nitrogen and oxygen atoms in total. The second-order valence-electron chi connectivity index (χ2n) is 5.96. The first-order valence-electron chi connectivity index (χ1n) is 6.03. The van der Waals surface area contributed by atoms with E-state index in [2.05, 4.69) is 55.9 Å². The van der Waals surface area contributed by atoms with Crippen molar-refractivity contribution in [1.82, 2.24) is 0 Å². The maximum absolute atomic E-state index is 5.64. The van der Waals surface area contributed by atoms with Crippen LogP contribution >= 0.6 is 0 Å². The van der Waals surface area contributed by atoms with Crippen molar-refractivity contribution in [2.24, 2.45) is 5.92 Å². The summed E-state index contributed by atoms with van der Waals surface area (Å²) in [4.78, 5) is 0. The summed E-state index contributed by atoms with van der Waals surface area (Å²) in [6.07, 6.45) is 1.21. The van der Waals surface area contributed by atoms with Gasteiger partial charge in [0.15, 0.2) is 0 Å². The Morgan fingerprint density at radius 3 is 2.00 bits per heavy atom. The summed E-state index contributed by atoms with van der Waals surface area (Å²) < 4.78 is 5.64. The highest BCUT2D eigenvalue weighted by molar-refractivity contribution is 7.03. The quantitative estimate of drug-likeness (QED) is 0.583. The maximum Gasteiger partial charge on any atom is 0.109 e. The second kappa shape index (κ2) is 5.98. The molecule has 0 aromatic carbocycles. The predicted octanol–water partition coefficient (Wildman–Crippen LogP) is 3.33. The molecule has 0 amide bonds. The Hall–Kier alpha value is 0.0899. The van der Waals surface area contributed by atoms with E-state index >= 15 is 0 Å². The third kappa shape index (κ3) is 7.96. The molecule has 0 rings (SSSR count). The highest BCUT2D eigenvalue weighted by Gasteiger charge is 2.26. The Balaban J connectivity index is 4.01. The lowest BCUT2D eigenvalue weighted by Crippen LogP contribution is -2.39. The van der Waals surface area contributed by atoms with Gasteiger partial charge in [0.25, 0.3) is 0 Å². The largest absolute Gasteiger partial charge is 0.386 e. The molecule has 0 heterocycles. The van der Waals surface area contributed by atoms with Gasteiger partial charge in [-0.3, -0.25) is 0 Å². The fourth-order valence-electron chi connectivity index (χ4n) is 1.97. The molecule has 0 spiro atoms. The minimum atomic E-state index is -0.136. The summed E-state index contributed by atoms with van der Waals surface area (Å²) in [6, 6.07) is 0. The van der Waals surface area contributed by atoms with E-state index in [1.807, 2.05) is 6.92 Å². The van der Waals surface area contributed by atoms with Gasteiger partial charge >= 0.3 is 0 Å². The van der Waals surface area contributed by atoms with Gasteiger partial charge in [0, 0.05) is 12.1 Å². The van der Waals surface area contributed by atoms with E-state index in [0.29, 0.717) is 0 Å². The Morgan fingerprint density at radius 2 is 1.60 bits per heavy atom. The summed E-state index contributed by atoms with van der Waals surface area (Å²) in [7, 11) is 4.49. The van der Waals surface area contributed by atoms with Crippen LogP contribution in [0.3, 0.4) is 0 Å². The van der Waals surface area contributed by atoms with E-state index in [-0.39, 0.29) is 10.8 Å². The van der Waals surface area contributed by atoms with Gasteiger partial charge in [0.1, 0.15) is 7.17 Å². The van der Waals surface area contributed by atoms with Crippen molar-refractivity contribution in [3.05, 3.63) is 0 Å². The molecule has 0 aromatic rings. The molecular formula is C12H26B2O. The standard InChI is InChI=1S/C12H26B2O/c1-8-15-12(6,7)14-13-11(4,5)9-10(2)3/h10H,8-9H2,1-7H3. The van der Waals surface area contributed by atoms with Gasteiger partial charge in [0.05, 0.1) is 7.17 Å². The first-order chi connectivity index (χ1) is 6.68. The smallest absolute Gasteiger partial charge is 0.109 e. The van der Waals surface area contributed by atoms with Gasteiger partial charge in [-0.2, -0.15) is 0 Å². The molecule has 3 heteroatoms. The summed E-state index contributed by atoms with van der Waals surface area (Å²) in [5.74, 6) is 0.736. The average molecular weight is 208 g/mol. The van der Waals surface area contributed by atoms with E-state index < -0.39 is 0 Å². The minimum absolute atomic E-state index is 0.136. The zero-order valence-corrected chi connectivity index (χ0v) is 11.6. The number of hydrogen-bond acceptors (Lipinski definition) is 1. The van der Waals surface area contributed by atoms with Crippen molar-refractivity contribution in [3.8, 4) is 0 Å². The molecular weight excluding hydrogens is 182 g/mol. The first-order valence-corrected chi connectivity index (χ1v) is 6.03. The predicted molar refractivity (Wildman–Crippen MR) is 70.7 cm³/mol. The lowest BCUT2D eigenvalue weighted by Gasteiger charge is -2.31. The second-order valence-corrected chi connectivity index (χ2v) is 5.96. The Labute approximate surface area is 97.8 Å². The van der Waals surface area contributed by atoms with Crippen LogP contribution in [-0.4, -0.2) is 26.4 Å². The van der Waals surface area contributed by atoms with Crippen LogP contribution < -0.4 is 0 Å². The third-order valence-electron chi connectivity index (χ3n) is 2.39.